The highest BCUT2D eigenvalue weighted by Gasteiger charge is 2.17. The Kier molecular flexibility index (Phi) is 3.46. The first kappa shape index (κ1) is 11.1. The molecule has 0 radical (unpaired) electrons. The van der Waals surface area contributed by atoms with Crippen molar-refractivity contribution in [1.29, 1.82) is 0 Å². The van der Waals surface area contributed by atoms with Crippen LogP contribution in [0.4, 0.5) is 0 Å². The molecular weight excluding hydrogens is 296 g/mol. The van der Waals surface area contributed by atoms with Crippen molar-refractivity contribution >= 4 is 38.9 Å². The molecule has 1 atom stereocenters. The molecule has 2 rings (SSSR count). The van der Waals surface area contributed by atoms with Crippen molar-refractivity contribution in [3.8, 4) is 0 Å². The number of rotatable bonds is 2. The van der Waals surface area contributed by atoms with E-state index in [4.69, 9.17) is 11.6 Å². The molecule has 0 aliphatic heterocycles. The third-order valence-corrected chi connectivity index (χ3v) is 4.23. The van der Waals surface area contributed by atoms with Gasteiger partial charge in [0.2, 0.25) is 0 Å². The molecule has 0 saturated carbocycles. The smallest absolute Gasteiger partial charge is 0.116 e. The third-order valence-electron chi connectivity index (χ3n) is 2.09. The molecule has 1 aromatic carbocycles. The van der Waals surface area contributed by atoms with E-state index in [9.17, 15) is 5.11 Å². The monoisotopic (exact) mass is 302 g/mol. The molecule has 1 heterocycles. The van der Waals surface area contributed by atoms with Crippen LogP contribution in [-0.4, -0.2) is 5.11 Å². The number of hydrogen-bond donors (Lipinski definition) is 1. The topological polar surface area (TPSA) is 20.2 Å². The molecule has 0 aliphatic carbocycles. The molecule has 78 valence electrons. The van der Waals surface area contributed by atoms with Gasteiger partial charge in [0.05, 0.1) is 9.90 Å². The van der Waals surface area contributed by atoms with Gasteiger partial charge < -0.3 is 5.11 Å². The lowest BCUT2D eigenvalue weighted by Gasteiger charge is -2.11. The number of aliphatic hydroxyl groups is 1. The third kappa shape index (κ3) is 2.26. The van der Waals surface area contributed by atoms with E-state index in [2.05, 4.69) is 15.9 Å². The summed E-state index contributed by atoms with van der Waals surface area (Å²) < 4.78 is 0.891. The lowest BCUT2D eigenvalue weighted by Crippen LogP contribution is -1.98. The fourth-order valence-electron chi connectivity index (χ4n) is 1.34. The fraction of sp³-hybridized carbons (Fsp3) is 0.0909. The summed E-state index contributed by atoms with van der Waals surface area (Å²) >= 11 is 10.8. The highest BCUT2D eigenvalue weighted by atomic mass is 79.9. The van der Waals surface area contributed by atoms with Gasteiger partial charge in [0.15, 0.2) is 0 Å². The van der Waals surface area contributed by atoms with E-state index in [0.717, 1.165) is 14.9 Å². The van der Waals surface area contributed by atoms with Crippen LogP contribution in [0.15, 0.2) is 40.2 Å². The molecule has 0 spiro atoms. The minimum absolute atomic E-state index is 0.614. The molecule has 15 heavy (non-hydrogen) atoms. The highest BCUT2D eigenvalue weighted by molar-refractivity contribution is 9.10. The van der Waals surface area contributed by atoms with Gasteiger partial charge in [-0.05, 0) is 23.1 Å². The summed E-state index contributed by atoms with van der Waals surface area (Å²) in [7, 11) is 0. The van der Waals surface area contributed by atoms with E-state index in [0.29, 0.717) is 5.02 Å². The molecular formula is C11H8BrClOS. The van der Waals surface area contributed by atoms with E-state index in [1.807, 2.05) is 29.6 Å². The predicted molar refractivity (Wildman–Crippen MR) is 67.5 cm³/mol. The summed E-state index contributed by atoms with van der Waals surface area (Å²) in [6.45, 7) is 0. The van der Waals surface area contributed by atoms with Crippen molar-refractivity contribution in [2.75, 3.05) is 0 Å². The van der Waals surface area contributed by atoms with Crippen LogP contribution in [0.2, 0.25) is 5.02 Å². The molecule has 1 aromatic heterocycles. The highest BCUT2D eigenvalue weighted by Crippen LogP contribution is 2.35. The van der Waals surface area contributed by atoms with Gasteiger partial charge >= 0.3 is 0 Å². The first-order chi connectivity index (χ1) is 7.20. The summed E-state index contributed by atoms with van der Waals surface area (Å²) in [5.74, 6) is 0. The van der Waals surface area contributed by atoms with Crippen molar-refractivity contribution in [3.05, 3.63) is 55.6 Å². The quantitative estimate of drug-likeness (QED) is 0.879. The fourth-order valence-corrected chi connectivity index (χ4v) is 3.00. The first-order valence-electron chi connectivity index (χ1n) is 4.35. The molecule has 1 N–H and O–H groups in total. The number of aliphatic hydroxyl groups excluding tert-OH is 1. The van der Waals surface area contributed by atoms with E-state index < -0.39 is 6.10 Å². The van der Waals surface area contributed by atoms with Gasteiger partial charge in [0, 0.05) is 4.47 Å². The van der Waals surface area contributed by atoms with Crippen molar-refractivity contribution in [1.82, 2.24) is 0 Å². The van der Waals surface area contributed by atoms with Crippen molar-refractivity contribution in [2.24, 2.45) is 0 Å². The van der Waals surface area contributed by atoms with Crippen LogP contribution in [0.5, 0.6) is 0 Å². The van der Waals surface area contributed by atoms with Gasteiger partial charge in [0.25, 0.3) is 0 Å². The van der Waals surface area contributed by atoms with Gasteiger partial charge in [-0.15, -0.1) is 11.3 Å². The maximum absolute atomic E-state index is 10.1. The normalized spacial score (nSPS) is 12.7. The van der Waals surface area contributed by atoms with Crippen LogP contribution in [-0.2, 0) is 0 Å². The van der Waals surface area contributed by atoms with Gasteiger partial charge in [-0.2, -0.15) is 0 Å². The zero-order chi connectivity index (χ0) is 10.8. The van der Waals surface area contributed by atoms with E-state index in [1.165, 1.54) is 11.3 Å². The van der Waals surface area contributed by atoms with Gasteiger partial charge in [-0.3, -0.25) is 0 Å². The molecule has 0 saturated heterocycles. The number of benzene rings is 1. The van der Waals surface area contributed by atoms with Crippen LogP contribution in [0.25, 0.3) is 0 Å². The lowest BCUT2D eigenvalue weighted by molar-refractivity contribution is 0.223. The summed E-state index contributed by atoms with van der Waals surface area (Å²) in [6, 6.07) is 9.38. The molecule has 2 aromatic rings. The molecule has 1 unspecified atom stereocenters. The predicted octanol–water partition coefficient (Wildman–Crippen LogP) is 4.25. The number of halogens is 2. The summed E-state index contributed by atoms with van der Waals surface area (Å²) in [6.07, 6.45) is -0.659. The van der Waals surface area contributed by atoms with Crippen LogP contribution in [0.3, 0.4) is 0 Å². The Morgan fingerprint density at radius 1 is 1.27 bits per heavy atom. The SMILES string of the molecule is OC(c1ccccc1Br)c1sccc1Cl. The van der Waals surface area contributed by atoms with Crippen LogP contribution >= 0.6 is 38.9 Å². The van der Waals surface area contributed by atoms with E-state index in [1.54, 1.807) is 6.07 Å². The molecule has 4 heteroatoms. The number of thiophene rings is 1. The van der Waals surface area contributed by atoms with E-state index >= 15 is 0 Å². The second-order valence-corrected chi connectivity index (χ2v) is 5.27. The maximum Gasteiger partial charge on any atom is 0.116 e. The Labute approximate surface area is 105 Å². The average Bonchev–Trinajstić information content (AvgIpc) is 2.64. The van der Waals surface area contributed by atoms with Crippen LogP contribution in [0.1, 0.15) is 16.5 Å². The lowest BCUT2D eigenvalue weighted by atomic mass is 10.1. The summed E-state index contributed by atoms with van der Waals surface area (Å²) in [4.78, 5) is 0.781. The Morgan fingerprint density at radius 2 is 2.00 bits per heavy atom. The Balaban J connectivity index is 2.41. The van der Waals surface area contributed by atoms with Gasteiger partial charge in [-0.25, -0.2) is 0 Å². The largest absolute Gasteiger partial charge is 0.383 e. The molecule has 0 fully saturated rings. The van der Waals surface area contributed by atoms with Gasteiger partial charge in [-0.1, -0.05) is 45.7 Å². The van der Waals surface area contributed by atoms with Crippen LogP contribution in [0, 0.1) is 0 Å². The zero-order valence-electron chi connectivity index (χ0n) is 7.65. The van der Waals surface area contributed by atoms with Crippen molar-refractivity contribution in [3.63, 3.8) is 0 Å². The van der Waals surface area contributed by atoms with E-state index in [-0.39, 0.29) is 0 Å². The number of hydrogen-bond acceptors (Lipinski definition) is 2. The summed E-state index contributed by atoms with van der Waals surface area (Å²) in [5, 5.41) is 12.6. The second-order valence-electron chi connectivity index (χ2n) is 3.06. The van der Waals surface area contributed by atoms with Crippen LogP contribution < -0.4 is 0 Å². The average molecular weight is 304 g/mol. The molecule has 0 aliphatic rings. The second kappa shape index (κ2) is 4.66. The maximum atomic E-state index is 10.1. The van der Waals surface area contributed by atoms with Crippen molar-refractivity contribution < 1.29 is 5.11 Å². The minimum atomic E-state index is -0.659. The van der Waals surface area contributed by atoms with Crippen molar-refractivity contribution in [2.45, 2.75) is 6.10 Å². The Hall–Kier alpha value is -0.350. The Morgan fingerprint density at radius 3 is 2.60 bits per heavy atom. The molecule has 1 nitrogen and oxygen atoms in total. The standard InChI is InChI=1S/C11H8BrClOS/c12-8-4-2-1-3-7(8)10(14)11-9(13)5-6-15-11/h1-6,10,14H. The molecule has 0 bridgehead atoms. The Bertz CT molecular complexity index is 469. The molecule has 0 amide bonds. The van der Waals surface area contributed by atoms with Gasteiger partial charge in [0.1, 0.15) is 6.10 Å². The zero-order valence-corrected chi connectivity index (χ0v) is 10.8. The summed E-state index contributed by atoms with van der Waals surface area (Å²) in [5.41, 5.74) is 0.835. The minimum Gasteiger partial charge on any atom is -0.383 e. The first-order valence-corrected chi connectivity index (χ1v) is 6.40.